The van der Waals surface area contributed by atoms with Gasteiger partial charge >= 0.3 is 11.9 Å². The molecule has 0 spiro atoms. The summed E-state index contributed by atoms with van der Waals surface area (Å²) in [5.41, 5.74) is -0.705. The molecular formula is C14H26O4. The SMILES string of the molecule is COC(=O)CCCCC(C)(C)C(C)(C)C(=O)OC. The lowest BCUT2D eigenvalue weighted by Crippen LogP contribution is -2.40. The molecule has 0 unspecified atom stereocenters. The van der Waals surface area contributed by atoms with Crippen molar-refractivity contribution in [2.75, 3.05) is 14.2 Å². The molecule has 0 aliphatic carbocycles. The summed E-state index contributed by atoms with van der Waals surface area (Å²) >= 11 is 0. The average Bonchev–Trinajstić information content (AvgIpc) is 2.32. The fourth-order valence-corrected chi connectivity index (χ4v) is 1.78. The minimum Gasteiger partial charge on any atom is -0.469 e. The number of methoxy groups -OCH3 is 2. The molecule has 0 amide bonds. The van der Waals surface area contributed by atoms with E-state index in [4.69, 9.17) is 4.74 Å². The van der Waals surface area contributed by atoms with E-state index in [0.717, 1.165) is 19.3 Å². The number of carbonyl (C=O) groups excluding carboxylic acids is 2. The molecule has 0 aliphatic rings. The molecule has 0 aromatic carbocycles. The van der Waals surface area contributed by atoms with Gasteiger partial charge in [0.25, 0.3) is 0 Å². The van der Waals surface area contributed by atoms with Crippen molar-refractivity contribution in [1.82, 2.24) is 0 Å². The second-order valence-corrected chi connectivity index (χ2v) is 5.78. The van der Waals surface area contributed by atoms with Crippen LogP contribution in [0.5, 0.6) is 0 Å². The largest absolute Gasteiger partial charge is 0.469 e. The van der Waals surface area contributed by atoms with E-state index >= 15 is 0 Å². The van der Waals surface area contributed by atoms with Crippen molar-refractivity contribution < 1.29 is 19.1 Å². The van der Waals surface area contributed by atoms with Crippen molar-refractivity contribution in [2.24, 2.45) is 10.8 Å². The molecule has 0 aromatic rings. The van der Waals surface area contributed by atoms with Crippen molar-refractivity contribution in [3.05, 3.63) is 0 Å². The molecule has 0 aliphatic heterocycles. The van der Waals surface area contributed by atoms with Gasteiger partial charge in [-0.2, -0.15) is 0 Å². The van der Waals surface area contributed by atoms with Crippen LogP contribution in [-0.2, 0) is 19.1 Å². The minimum absolute atomic E-state index is 0.170. The number of carbonyl (C=O) groups is 2. The number of hydrogen-bond acceptors (Lipinski definition) is 4. The zero-order chi connectivity index (χ0) is 14.4. The molecule has 4 heteroatoms. The Morgan fingerprint density at radius 1 is 0.944 bits per heavy atom. The van der Waals surface area contributed by atoms with Crippen molar-refractivity contribution >= 4 is 11.9 Å². The Labute approximate surface area is 110 Å². The van der Waals surface area contributed by atoms with Crippen LogP contribution in [-0.4, -0.2) is 26.2 Å². The van der Waals surface area contributed by atoms with Crippen LogP contribution in [0.4, 0.5) is 0 Å². The van der Waals surface area contributed by atoms with Crippen LogP contribution < -0.4 is 0 Å². The third-order valence-electron chi connectivity index (χ3n) is 4.05. The van der Waals surface area contributed by atoms with E-state index < -0.39 is 5.41 Å². The molecule has 0 aromatic heterocycles. The topological polar surface area (TPSA) is 52.6 Å². The van der Waals surface area contributed by atoms with Gasteiger partial charge in [0, 0.05) is 6.42 Å². The molecule has 0 saturated heterocycles. The zero-order valence-corrected chi connectivity index (χ0v) is 12.5. The summed E-state index contributed by atoms with van der Waals surface area (Å²) in [6, 6.07) is 0. The third kappa shape index (κ3) is 4.31. The highest BCUT2D eigenvalue weighted by atomic mass is 16.5. The summed E-state index contributed by atoms with van der Waals surface area (Å²) < 4.78 is 9.44. The maximum atomic E-state index is 11.8. The first-order valence-corrected chi connectivity index (χ1v) is 6.34. The maximum absolute atomic E-state index is 11.8. The number of esters is 2. The molecule has 0 fully saturated rings. The van der Waals surface area contributed by atoms with Gasteiger partial charge in [0.2, 0.25) is 0 Å². The molecule has 0 bridgehead atoms. The summed E-state index contributed by atoms with van der Waals surface area (Å²) in [7, 11) is 2.81. The lowest BCUT2D eigenvalue weighted by atomic mass is 9.65. The summed E-state index contributed by atoms with van der Waals surface area (Å²) in [4.78, 5) is 22.8. The van der Waals surface area contributed by atoms with Crippen LogP contribution in [0.3, 0.4) is 0 Å². The Balaban J connectivity index is 4.30. The molecule has 18 heavy (non-hydrogen) atoms. The van der Waals surface area contributed by atoms with Crippen LogP contribution in [0.1, 0.15) is 53.4 Å². The molecule has 0 saturated carbocycles. The second-order valence-electron chi connectivity index (χ2n) is 5.78. The minimum atomic E-state index is -0.535. The lowest BCUT2D eigenvalue weighted by Gasteiger charge is -2.39. The normalized spacial score (nSPS) is 12.1. The Morgan fingerprint density at radius 3 is 1.94 bits per heavy atom. The molecule has 0 heterocycles. The molecule has 4 nitrogen and oxygen atoms in total. The highest BCUT2D eigenvalue weighted by Gasteiger charge is 2.43. The quantitative estimate of drug-likeness (QED) is 0.520. The van der Waals surface area contributed by atoms with Gasteiger partial charge in [0.05, 0.1) is 19.6 Å². The average molecular weight is 258 g/mol. The molecule has 0 rings (SSSR count). The number of hydrogen-bond donors (Lipinski definition) is 0. The Bertz CT molecular complexity index is 292. The predicted octanol–water partition coefficient (Wildman–Crippen LogP) is 2.95. The Hall–Kier alpha value is -1.06. The first-order valence-electron chi connectivity index (χ1n) is 6.34. The van der Waals surface area contributed by atoms with Gasteiger partial charge < -0.3 is 9.47 Å². The van der Waals surface area contributed by atoms with Gasteiger partial charge in [-0.3, -0.25) is 9.59 Å². The lowest BCUT2D eigenvalue weighted by molar-refractivity contribution is -0.158. The molecule has 106 valence electrons. The fraction of sp³-hybridized carbons (Fsp3) is 0.857. The van der Waals surface area contributed by atoms with E-state index in [9.17, 15) is 9.59 Å². The summed E-state index contributed by atoms with van der Waals surface area (Å²) in [5.74, 6) is -0.375. The van der Waals surface area contributed by atoms with Crippen LogP contribution in [0.25, 0.3) is 0 Å². The smallest absolute Gasteiger partial charge is 0.311 e. The van der Waals surface area contributed by atoms with E-state index in [2.05, 4.69) is 18.6 Å². The monoisotopic (exact) mass is 258 g/mol. The van der Waals surface area contributed by atoms with Crippen LogP contribution in [0.15, 0.2) is 0 Å². The first kappa shape index (κ1) is 16.9. The molecule has 0 radical (unpaired) electrons. The number of ether oxygens (including phenoxy) is 2. The van der Waals surface area contributed by atoms with E-state index in [1.807, 2.05) is 13.8 Å². The van der Waals surface area contributed by atoms with Crippen molar-refractivity contribution in [2.45, 2.75) is 53.4 Å². The van der Waals surface area contributed by atoms with Crippen molar-refractivity contribution in [1.29, 1.82) is 0 Å². The van der Waals surface area contributed by atoms with Gasteiger partial charge in [-0.15, -0.1) is 0 Å². The molecule has 0 atom stereocenters. The maximum Gasteiger partial charge on any atom is 0.311 e. The van der Waals surface area contributed by atoms with Crippen molar-refractivity contribution in [3.63, 3.8) is 0 Å². The second kappa shape index (κ2) is 6.76. The standard InChI is InChI=1S/C14H26O4/c1-13(2,14(3,4)12(16)18-6)10-8-7-9-11(15)17-5/h7-10H2,1-6H3. The van der Waals surface area contributed by atoms with Crippen LogP contribution in [0, 0.1) is 10.8 Å². The Kier molecular flexibility index (Phi) is 6.36. The summed E-state index contributed by atoms with van der Waals surface area (Å²) in [6.45, 7) is 7.92. The summed E-state index contributed by atoms with van der Waals surface area (Å²) in [6.07, 6.45) is 2.98. The van der Waals surface area contributed by atoms with E-state index in [0.29, 0.717) is 6.42 Å². The van der Waals surface area contributed by atoms with Gasteiger partial charge in [0.1, 0.15) is 0 Å². The highest BCUT2D eigenvalue weighted by Crippen LogP contribution is 2.43. The summed E-state index contributed by atoms with van der Waals surface area (Å²) in [5, 5.41) is 0. The van der Waals surface area contributed by atoms with E-state index in [1.54, 1.807) is 0 Å². The zero-order valence-electron chi connectivity index (χ0n) is 12.5. The highest BCUT2D eigenvalue weighted by molar-refractivity contribution is 5.76. The van der Waals surface area contributed by atoms with Gasteiger partial charge in [0.15, 0.2) is 0 Å². The molecular weight excluding hydrogens is 232 g/mol. The van der Waals surface area contributed by atoms with Gasteiger partial charge in [-0.05, 0) is 32.1 Å². The fourth-order valence-electron chi connectivity index (χ4n) is 1.78. The van der Waals surface area contributed by atoms with Crippen LogP contribution in [0.2, 0.25) is 0 Å². The first-order chi connectivity index (χ1) is 8.19. The van der Waals surface area contributed by atoms with E-state index in [1.165, 1.54) is 14.2 Å². The van der Waals surface area contributed by atoms with Gasteiger partial charge in [-0.1, -0.05) is 20.3 Å². The Morgan fingerprint density at radius 2 is 1.50 bits per heavy atom. The van der Waals surface area contributed by atoms with E-state index in [-0.39, 0.29) is 17.4 Å². The third-order valence-corrected chi connectivity index (χ3v) is 4.05. The number of rotatable bonds is 7. The number of unbranched alkanes of at least 4 members (excludes halogenated alkanes) is 1. The van der Waals surface area contributed by atoms with Gasteiger partial charge in [-0.25, -0.2) is 0 Å². The molecule has 0 N–H and O–H groups in total. The van der Waals surface area contributed by atoms with Crippen molar-refractivity contribution in [3.8, 4) is 0 Å². The van der Waals surface area contributed by atoms with Crippen LogP contribution >= 0.6 is 0 Å². The predicted molar refractivity (Wildman–Crippen MR) is 70.1 cm³/mol.